The lowest BCUT2D eigenvalue weighted by molar-refractivity contribution is 0.179. The molecule has 0 aromatic heterocycles. The largest absolute Gasteiger partial charge is 0.462 e. The summed E-state index contributed by atoms with van der Waals surface area (Å²) in [5, 5.41) is 16.7. The van der Waals surface area contributed by atoms with Gasteiger partial charge in [-0.1, -0.05) is 13.2 Å². The molecule has 0 aromatic carbocycles. The average Bonchev–Trinajstić information content (AvgIpc) is 1.87. The summed E-state index contributed by atoms with van der Waals surface area (Å²) in [5.74, 6) is 0.378. The zero-order chi connectivity index (χ0) is 7.28. The SMILES string of the molecule is C=C(CO)OC(=C)CO. The van der Waals surface area contributed by atoms with Gasteiger partial charge in [-0.05, 0) is 0 Å². The Labute approximate surface area is 53.9 Å². The summed E-state index contributed by atoms with van der Waals surface area (Å²) in [6.07, 6.45) is 0. The summed E-state index contributed by atoms with van der Waals surface area (Å²) in [6.45, 7) is 6.13. The third kappa shape index (κ3) is 3.76. The van der Waals surface area contributed by atoms with Crippen molar-refractivity contribution in [2.24, 2.45) is 0 Å². The van der Waals surface area contributed by atoms with Crippen LogP contribution in [0.15, 0.2) is 24.7 Å². The molecule has 0 saturated carbocycles. The van der Waals surface area contributed by atoms with Gasteiger partial charge in [-0.15, -0.1) is 0 Å². The molecule has 0 saturated heterocycles. The highest BCUT2D eigenvalue weighted by Crippen LogP contribution is 1.98. The zero-order valence-electron chi connectivity index (χ0n) is 5.13. The summed E-state index contributed by atoms with van der Waals surface area (Å²) in [5.41, 5.74) is 0. The van der Waals surface area contributed by atoms with Gasteiger partial charge in [-0.2, -0.15) is 0 Å². The van der Waals surface area contributed by atoms with Crippen LogP contribution >= 0.6 is 0 Å². The molecule has 0 radical (unpaired) electrons. The first-order valence-corrected chi connectivity index (χ1v) is 2.45. The number of rotatable bonds is 4. The molecule has 9 heavy (non-hydrogen) atoms. The molecule has 0 aliphatic heterocycles. The van der Waals surface area contributed by atoms with Gasteiger partial charge in [0.25, 0.3) is 0 Å². The topological polar surface area (TPSA) is 49.7 Å². The third-order valence-corrected chi connectivity index (χ3v) is 0.641. The predicted molar refractivity (Wildman–Crippen MR) is 33.5 cm³/mol. The van der Waals surface area contributed by atoms with E-state index in [1.54, 1.807) is 0 Å². The molecule has 0 spiro atoms. The monoisotopic (exact) mass is 130 g/mol. The normalized spacial score (nSPS) is 8.67. The van der Waals surface area contributed by atoms with E-state index >= 15 is 0 Å². The standard InChI is InChI=1S/C6H10O3/c1-5(3-7)9-6(2)4-8/h7-8H,1-4H2. The Balaban J connectivity index is 3.47. The zero-order valence-corrected chi connectivity index (χ0v) is 5.13. The van der Waals surface area contributed by atoms with E-state index in [-0.39, 0.29) is 24.7 Å². The molecule has 0 bridgehead atoms. The van der Waals surface area contributed by atoms with Crippen molar-refractivity contribution in [1.82, 2.24) is 0 Å². The van der Waals surface area contributed by atoms with Gasteiger partial charge >= 0.3 is 0 Å². The highest BCUT2D eigenvalue weighted by Gasteiger charge is 1.93. The second-order valence-corrected chi connectivity index (χ2v) is 1.50. The minimum absolute atomic E-state index is 0.189. The van der Waals surface area contributed by atoms with Crippen LogP contribution in [0.1, 0.15) is 0 Å². The van der Waals surface area contributed by atoms with Gasteiger partial charge in [0, 0.05) is 0 Å². The fraction of sp³-hybridized carbons (Fsp3) is 0.333. The van der Waals surface area contributed by atoms with Crippen molar-refractivity contribution in [2.75, 3.05) is 13.2 Å². The molecule has 0 aliphatic carbocycles. The van der Waals surface area contributed by atoms with Gasteiger partial charge in [-0.3, -0.25) is 0 Å². The Bertz CT molecular complexity index is 103. The Morgan fingerprint density at radius 2 is 1.44 bits per heavy atom. The maximum absolute atomic E-state index is 8.33. The van der Waals surface area contributed by atoms with Crippen molar-refractivity contribution in [1.29, 1.82) is 0 Å². The van der Waals surface area contributed by atoms with Crippen LogP contribution in [0.2, 0.25) is 0 Å². The Morgan fingerprint density at radius 1 is 1.11 bits per heavy atom. The Morgan fingerprint density at radius 3 is 1.67 bits per heavy atom. The summed E-state index contributed by atoms with van der Waals surface area (Å²) in [7, 11) is 0. The quantitative estimate of drug-likeness (QED) is 0.527. The maximum atomic E-state index is 8.33. The fourth-order valence-electron chi connectivity index (χ4n) is 0.269. The molecular formula is C6H10O3. The first-order valence-electron chi connectivity index (χ1n) is 2.45. The minimum Gasteiger partial charge on any atom is -0.462 e. The predicted octanol–water partition coefficient (Wildman–Crippen LogP) is 0.0150. The van der Waals surface area contributed by atoms with Crippen LogP contribution in [0.3, 0.4) is 0 Å². The summed E-state index contributed by atoms with van der Waals surface area (Å²) < 4.78 is 4.66. The maximum Gasteiger partial charge on any atom is 0.122 e. The lowest BCUT2D eigenvalue weighted by atomic mass is 10.5. The minimum atomic E-state index is -0.251. The van der Waals surface area contributed by atoms with Crippen molar-refractivity contribution in [3.8, 4) is 0 Å². The molecule has 3 nitrogen and oxygen atoms in total. The summed E-state index contributed by atoms with van der Waals surface area (Å²) in [4.78, 5) is 0. The molecule has 0 unspecified atom stereocenters. The van der Waals surface area contributed by atoms with E-state index in [0.29, 0.717) is 0 Å². The first kappa shape index (κ1) is 8.20. The van der Waals surface area contributed by atoms with Crippen LogP contribution in [0.5, 0.6) is 0 Å². The molecular weight excluding hydrogens is 120 g/mol. The van der Waals surface area contributed by atoms with E-state index in [4.69, 9.17) is 10.2 Å². The van der Waals surface area contributed by atoms with Crippen molar-refractivity contribution < 1.29 is 14.9 Å². The molecule has 0 aliphatic rings. The van der Waals surface area contributed by atoms with Crippen LogP contribution in [-0.4, -0.2) is 23.4 Å². The number of hydrogen-bond acceptors (Lipinski definition) is 3. The molecule has 0 rings (SSSR count). The lowest BCUT2D eigenvalue weighted by Gasteiger charge is -2.04. The van der Waals surface area contributed by atoms with Crippen LogP contribution < -0.4 is 0 Å². The third-order valence-electron chi connectivity index (χ3n) is 0.641. The van der Waals surface area contributed by atoms with Crippen molar-refractivity contribution in [2.45, 2.75) is 0 Å². The van der Waals surface area contributed by atoms with E-state index in [0.717, 1.165) is 0 Å². The van der Waals surface area contributed by atoms with Crippen molar-refractivity contribution in [3.63, 3.8) is 0 Å². The molecule has 0 amide bonds. The molecule has 52 valence electrons. The first-order chi connectivity index (χ1) is 4.20. The van der Waals surface area contributed by atoms with Gasteiger partial charge in [0.15, 0.2) is 0 Å². The van der Waals surface area contributed by atoms with E-state index in [1.807, 2.05) is 0 Å². The molecule has 2 N–H and O–H groups in total. The number of aliphatic hydroxyl groups excluding tert-OH is 2. The lowest BCUT2D eigenvalue weighted by Crippen LogP contribution is -1.97. The summed E-state index contributed by atoms with van der Waals surface area (Å²) in [6, 6.07) is 0. The number of aliphatic hydroxyl groups is 2. The van der Waals surface area contributed by atoms with Gasteiger partial charge in [0.05, 0.1) is 0 Å². The average molecular weight is 130 g/mol. The highest BCUT2D eigenvalue weighted by atomic mass is 16.5. The van der Waals surface area contributed by atoms with E-state index in [1.165, 1.54) is 0 Å². The van der Waals surface area contributed by atoms with Gasteiger partial charge in [0.1, 0.15) is 24.7 Å². The molecule has 0 aromatic rings. The van der Waals surface area contributed by atoms with E-state index in [2.05, 4.69) is 17.9 Å². The van der Waals surface area contributed by atoms with Crippen LogP contribution in [0.25, 0.3) is 0 Å². The van der Waals surface area contributed by atoms with Gasteiger partial charge in [-0.25, -0.2) is 0 Å². The second-order valence-electron chi connectivity index (χ2n) is 1.50. The second kappa shape index (κ2) is 4.12. The molecule has 0 heterocycles. The highest BCUT2D eigenvalue weighted by molar-refractivity contribution is 4.92. The Kier molecular flexibility index (Phi) is 3.75. The van der Waals surface area contributed by atoms with Crippen LogP contribution in [0.4, 0.5) is 0 Å². The van der Waals surface area contributed by atoms with Crippen molar-refractivity contribution >= 4 is 0 Å². The fourth-order valence-corrected chi connectivity index (χ4v) is 0.269. The van der Waals surface area contributed by atoms with Gasteiger partial charge < -0.3 is 14.9 Å². The molecule has 3 heteroatoms. The molecule has 0 atom stereocenters. The number of ether oxygens (including phenoxy) is 1. The van der Waals surface area contributed by atoms with Crippen molar-refractivity contribution in [3.05, 3.63) is 24.7 Å². The van der Waals surface area contributed by atoms with E-state index < -0.39 is 0 Å². The molecule has 0 fully saturated rings. The van der Waals surface area contributed by atoms with Crippen LogP contribution in [0, 0.1) is 0 Å². The Hall–Kier alpha value is -0.800. The van der Waals surface area contributed by atoms with Crippen LogP contribution in [-0.2, 0) is 4.74 Å². The van der Waals surface area contributed by atoms with E-state index in [9.17, 15) is 0 Å². The van der Waals surface area contributed by atoms with Gasteiger partial charge in [0.2, 0.25) is 0 Å². The summed E-state index contributed by atoms with van der Waals surface area (Å²) >= 11 is 0. The number of hydrogen-bond donors (Lipinski definition) is 2. The smallest absolute Gasteiger partial charge is 0.122 e.